The number of nitrogens with zero attached hydrogens (tertiary/aromatic N) is 2. The maximum absolute atomic E-state index is 13.1. The SMILES string of the molecule is O=C(NCc1cccs1)c1cc(C2CC2)nc2onc(C3CCCNC3)c12. The summed E-state index contributed by atoms with van der Waals surface area (Å²) in [6, 6.07) is 5.98. The average Bonchev–Trinajstić information content (AvgIpc) is 3.26. The fourth-order valence-electron chi connectivity index (χ4n) is 3.80. The number of nitrogens with one attached hydrogen (secondary N) is 2. The minimum Gasteiger partial charge on any atom is -0.347 e. The number of pyridine rings is 1. The molecule has 3 aromatic heterocycles. The van der Waals surface area contributed by atoms with Crippen molar-refractivity contribution < 1.29 is 9.32 Å². The molecule has 1 saturated heterocycles. The van der Waals surface area contributed by atoms with E-state index in [1.807, 2.05) is 23.6 Å². The molecule has 1 aliphatic heterocycles. The minimum atomic E-state index is -0.0779. The monoisotopic (exact) mass is 382 g/mol. The predicted octanol–water partition coefficient (Wildman–Crippen LogP) is 3.56. The maximum Gasteiger partial charge on any atom is 0.259 e. The molecule has 7 heteroatoms. The van der Waals surface area contributed by atoms with Gasteiger partial charge in [-0.25, -0.2) is 4.98 Å². The Morgan fingerprint density at radius 2 is 2.26 bits per heavy atom. The number of hydrogen-bond acceptors (Lipinski definition) is 6. The minimum absolute atomic E-state index is 0.0779. The number of fused-ring (bicyclic) bond motifs is 1. The molecule has 6 nitrogen and oxygen atoms in total. The fourth-order valence-corrected chi connectivity index (χ4v) is 4.44. The van der Waals surface area contributed by atoms with E-state index in [0.29, 0.717) is 23.7 Å². The summed E-state index contributed by atoms with van der Waals surface area (Å²) in [5.41, 5.74) is 2.98. The molecule has 0 spiro atoms. The van der Waals surface area contributed by atoms with Crippen molar-refractivity contribution in [1.29, 1.82) is 0 Å². The molecule has 2 N–H and O–H groups in total. The van der Waals surface area contributed by atoms with Crippen molar-refractivity contribution in [3.05, 3.63) is 45.4 Å². The zero-order valence-electron chi connectivity index (χ0n) is 15.0. The zero-order chi connectivity index (χ0) is 18.2. The molecular weight excluding hydrogens is 360 g/mol. The number of carbonyl (C=O) groups is 1. The van der Waals surface area contributed by atoms with Gasteiger partial charge < -0.3 is 15.2 Å². The Labute approximate surface area is 161 Å². The third kappa shape index (κ3) is 3.37. The van der Waals surface area contributed by atoms with E-state index in [4.69, 9.17) is 4.52 Å². The van der Waals surface area contributed by atoms with Crippen LogP contribution in [0.4, 0.5) is 0 Å². The molecule has 0 bridgehead atoms. The number of piperidine rings is 1. The van der Waals surface area contributed by atoms with Crippen LogP contribution in [0, 0.1) is 0 Å². The molecule has 5 rings (SSSR count). The molecule has 1 saturated carbocycles. The third-order valence-electron chi connectivity index (χ3n) is 5.42. The van der Waals surface area contributed by atoms with E-state index in [1.54, 1.807) is 11.3 Å². The van der Waals surface area contributed by atoms with Gasteiger partial charge in [-0.3, -0.25) is 4.79 Å². The number of thiophene rings is 1. The molecule has 0 aromatic carbocycles. The summed E-state index contributed by atoms with van der Waals surface area (Å²) in [6.07, 6.45) is 4.41. The lowest BCUT2D eigenvalue weighted by Gasteiger charge is -2.21. The van der Waals surface area contributed by atoms with Crippen LogP contribution in [0.1, 0.15) is 64.1 Å². The van der Waals surface area contributed by atoms with Crippen LogP contribution in [0.3, 0.4) is 0 Å². The second-order valence-electron chi connectivity index (χ2n) is 7.42. The highest BCUT2D eigenvalue weighted by molar-refractivity contribution is 7.09. The van der Waals surface area contributed by atoms with E-state index in [-0.39, 0.29) is 11.8 Å². The van der Waals surface area contributed by atoms with Gasteiger partial charge in [0.15, 0.2) is 0 Å². The van der Waals surface area contributed by atoms with E-state index in [1.165, 1.54) is 0 Å². The zero-order valence-corrected chi connectivity index (χ0v) is 15.8. The quantitative estimate of drug-likeness (QED) is 0.705. The van der Waals surface area contributed by atoms with Crippen molar-refractivity contribution >= 4 is 28.3 Å². The lowest BCUT2D eigenvalue weighted by Crippen LogP contribution is -2.29. The Morgan fingerprint density at radius 3 is 3.00 bits per heavy atom. The largest absolute Gasteiger partial charge is 0.347 e. The highest BCUT2D eigenvalue weighted by atomic mass is 32.1. The van der Waals surface area contributed by atoms with E-state index in [0.717, 1.165) is 60.4 Å². The first-order chi connectivity index (χ1) is 13.3. The van der Waals surface area contributed by atoms with Gasteiger partial charge in [0.25, 0.3) is 11.6 Å². The molecule has 2 fully saturated rings. The van der Waals surface area contributed by atoms with Crippen molar-refractivity contribution in [2.45, 2.75) is 44.1 Å². The number of carbonyl (C=O) groups excluding carboxylic acids is 1. The van der Waals surface area contributed by atoms with Gasteiger partial charge in [-0.2, -0.15) is 0 Å². The van der Waals surface area contributed by atoms with Gasteiger partial charge in [0.1, 0.15) is 0 Å². The molecule has 2 aliphatic rings. The van der Waals surface area contributed by atoms with Crippen LogP contribution in [0.25, 0.3) is 11.1 Å². The van der Waals surface area contributed by atoms with Gasteiger partial charge in [-0.05, 0) is 49.7 Å². The van der Waals surface area contributed by atoms with Crippen molar-refractivity contribution in [3.8, 4) is 0 Å². The van der Waals surface area contributed by atoms with Crippen LogP contribution < -0.4 is 10.6 Å². The molecular formula is C20H22N4O2S. The molecule has 1 unspecified atom stereocenters. The van der Waals surface area contributed by atoms with Crippen LogP contribution >= 0.6 is 11.3 Å². The Morgan fingerprint density at radius 1 is 1.33 bits per heavy atom. The second kappa shape index (κ2) is 7.05. The normalized spacial score (nSPS) is 20.1. The third-order valence-corrected chi connectivity index (χ3v) is 6.30. The summed E-state index contributed by atoms with van der Waals surface area (Å²) >= 11 is 1.64. The number of rotatable bonds is 5. The molecule has 1 atom stereocenters. The van der Waals surface area contributed by atoms with E-state index in [2.05, 4.69) is 20.8 Å². The maximum atomic E-state index is 13.1. The summed E-state index contributed by atoms with van der Waals surface area (Å²) in [5, 5.41) is 13.6. The van der Waals surface area contributed by atoms with Gasteiger partial charge in [0.2, 0.25) is 0 Å². The lowest BCUT2D eigenvalue weighted by molar-refractivity contribution is 0.0952. The highest BCUT2D eigenvalue weighted by Crippen LogP contribution is 2.41. The van der Waals surface area contributed by atoms with Crippen molar-refractivity contribution in [3.63, 3.8) is 0 Å². The van der Waals surface area contributed by atoms with Crippen molar-refractivity contribution in [2.24, 2.45) is 0 Å². The summed E-state index contributed by atoms with van der Waals surface area (Å²) < 4.78 is 5.60. The first-order valence-corrected chi connectivity index (χ1v) is 10.5. The molecule has 140 valence electrons. The number of aromatic nitrogens is 2. The highest BCUT2D eigenvalue weighted by Gasteiger charge is 2.31. The molecule has 1 amide bonds. The first-order valence-electron chi connectivity index (χ1n) is 9.61. The fraction of sp³-hybridized carbons (Fsp3) is 0.450. The Balaban J connectivity index is 1.52. The summed E-state index contributed by atoms with van der Waals surface area (Å²) in [5.74, 6) is 0.631. The van der Waals surface area contributed by atoms with E-state index >= 15 is 0 Å². The summed E-state index contributed by atoms with van der Waals surface area (Å²) in [4.78, 5) is 18.9. The Hall–Kier alpha value is -2.25. The van der Waals surface area contributed by atoms with Crippen LogP contribution in [-0.4, -0.2) is 29.1 Å². The van der Waals surface area contributed by atoms with Gasteiger partial charge in [-0.1, -0.05) is 11.2 Å². The van der Waals surface area contributed by atoms with Crippen LogP contribution in [0.15, 0.2) is 28.1 Å². The van der Waals surface area contributed by atoms with Gasteiger partial charge in [-0.15, -0.1) is 11.3 Å². The molecule has 4 heterocycles. The molecule has 0 radical (unpaired) electrons. The first kappa shape index (κ1) is 16.9. The van der Waals surface area contributed by atoms with E-state index < -0.39 is 0 Å². The van der Waals surface area contributed by atoms with Crippen molar-refractivity contribution in [2.75, 3.05) is 13.1 Å². The van der Waals surface area contributed by atoms with Crippen LogP contribution in [-0.2, 0) is 6.54 Å². The topological polar surface area (TPSA) is 80.1 Å². The smallest absolute Gasteiger partial charge is 0.259 e. The average molecular weight is 382 g/mol. The number of amides is 1. The predicted molar refractivity (Wildman–Crippen MR) is 104 cm³/mol. The van der Waals surface area contributed by atoms with Gasteiger partial charge in [0, 0.05) is 29.0 Å². The van der Waals surface area contributed by atoms with Crippen LogP contribution in [0.5, 0.6) is 0 Å². The molecule has 3 aromatic rings. The molecule has 27 heavy (non-hydrogen) atoms. The summed E-state index contributed by atoms with van der Waals surface area (Å²) in [7, 11) is 0. The molecule has 1 aliphatic carbocycles. The van der Waals surface area contributed by atoms with Gasteiger partial charge >= 0.3 is 0 Å². The second-order valence-corrected chi connectivity index (χ2v) is 8.45. The number of hydrogen-bond donors (Lipinski definition) is 2. The Kier molecular flexibility index (Phi) is 4.41. The van der Waals surface area contributed by atoms with E-state index in [9.17, 15) is 4.79 Å². The lowest BCUT2D eigenvalue weighted by atomic mass is 9.92. The summed E-state index contributed by atoms with van der Waals surface area (Å²) in [6.45, 7) is 2.43. The van der Waals surface area contributed by atoms with Crippen molar-refractivity contribution in [1.82, 2.24) is 20.8 Å². The van der Waals surface area contributed by atoms with Crippen LogP contribution in [0.2, 0.25) is 0 Å². The Bertz CT molecular complexity index is 956. The van der Waals surface area contributed by atoms with Gasteiger partial charge in [0.05, 0.1) is 23.2 Å². The standard InChI is InChI=1S/C20H22N4O2S/c25-19(22-11-14-4-2-8-27-14)15-9-16(12-5-6-12)23-20-17(15)18(24-26-20)13-3-1-7-21-10-13/h2,4,8-9,12-13,21H,1,3,5-7,10-11H2,(H,22,25).